The Morgan fingerprint density at radius 1 is 1.30 bits per heavy atom. The van der Waals surface area contributed by atoms with Crippen LogP contribution in [0.4, 0.5) is 4.79 Å². The zero-order chi connectivity index (χ0) is 17.4. The van der Waals surface area contributed by atoms with Gasteiger partial charge in [-0.1, -0.05) is 13.0 Å². The molecule has 0 bridgehead atoms. The summed E-state index contributed by atoms with van der Waals surface area (Å²) < 4.78 is 6.04. The number of urea groups is 1. The van der Waals surface area contributed by atoms with Gasteiger partial charge in [0.25, 0.3) is 0 Å². The minimum absolute atomic E-state index is 0.0336. The Labute approximate surface area is 145 Å². The Hall–Kier alpha value is -1.60. The van der Waals surface area contributed by atoms with E-state index in [0.717, 1.165) is 22.2 Å². The number of amides is 3. The van der Waals surface area contributed by atoms with E-state index in [0.29, 0.717) is 0 Å². The number of hydrogen-bond acceptors (Lipinski definition) is 4. The Kier molecular flexibility index (Phi) is 8.05. The van der Waals surface area contributed by atoms with Gasteiger partial charge in [-0.15, -0.1) is 0 Å². The van der Waals surface area contributed by atoms with E-state index in [4.69, 9.17) is 4.74 Å². The highest BCUT2D eigenvalue weighted by Crippen LogP contribution is 2.27. The molecule has 0 aromatic heterocycles. The zero-order valence-electron chi connectivity index (χ0n) is 13.9. The molecule has 1 aromatic carbocycles. The van der Waals surface area contributed by atoms with Crippen molar-refractivity contribution < 1.29 is 14.3 Å². The fraction of sp³-hybridized carbons (Fsp3) is 0.500. The van der Waals surface area contributed by atoms with Crippen LogP contribution >= 0.6 is 15.9 Å². The molecule has 0 spiro atoms. The topological polar surface area (TPSA) is 79.5 Å². The number of halogens is 1. The van der Waals surface area contributed by atoms with E-state index in [1.165, 1.54) is 0 Å². The van der Waals surface area contributed by atoms with Crippen LogP contribution in [-0.2, 0) is 4.79 Å². The van der Waals surface area contributed by atoms with Crippen LogP contribution in [0.25, 0.3) is 0 Å². The van der Waals surface area contributed by atoms with Crippen LogP contribution in [0.2, 0.25) is 0 Å². The summed E-state index contributed by atoms with van der Waals surface area (Å²) in [6, 6.07) is 5.24. The average Bonchev–Trinajstić information content (AvgIpc) is 2.52. The molecule has 0 radical (unpaired) electrons. The summed E-state index contributed by atoms with van der Waals surface area (Å²) in [5.41, 5.74) is 1.01. The highest BCUT2D eigenvalue weighted by molar-refractivity contribution is 9.10. The molecule has 0 fully saturated rings. The van der Waals surface area contributed by atoms with Gasteiger partial charge in [0.15, 0.2) is 0 Å². The van der Waals surface area contributed by atoms with Crippen LogP contribution in [0.5, 0.6) is 5.75 Å². The summed E-state index contributed by atoms with van der Waals surface area (Å²) in [6.45, 7) is 5.84. The third-order valence-electron chi connectivity index (χ3n) is 3.49. The van der Waals surface area contributed by atoms with E-state index in [9.17, 15) is 9.59 Å². The van der Waals surface area contributed by atoms with E-state index < -0.39 is 6.03 Å². The van der Waals surface area contributed by atoms with E-state index in [-0.39, 0.29) is 24.5 Å². The van der Waals surface area contributed by atoms with Gasteiger partial charge in [0, 0.05) is 12.1 Å². The first-order chi connectivity index (χ1) is 10.9. The van der Waals surface area contributed by atoms with Crippen molar-refractivity contribution in [3.63, 3.8) is 0 Å². The maximum absolute atomic E-state index is 11.8. The smallest absolute Gasteiger partial charge is 0.321 e. The van der Waals surface area contributed by atoms with Gasteiger partial charge in [-0.3, -0.25) is 10.1 Å². The van der Waals surface area contributed by atoms with E-state index >= 15 is 0 Å². The van der Waals surface area contributed by atoms with Crippen molar-refractivity contribution in [3.05, 3.63) is 28.2 Å². The Bertz CT molecular complexity index is 551. The number of ether oxygens (including phenoxy) is 1. The average molecular weight is 386 g/mol. The number of carbonyl (C=O) groups is 2. The second kappa shape index (κ2) is 9.52. The molecular formula is C16H24BrN3O3. The highest BCUT2D eigenvalue weighted by Gasteiger charge is 2.12. The van der Waals surface area contributed by atoms with Gasteiger partial charge in [-0.25, -0.2) is 4.79 Å². The minimum Gasteiger partial charge on any atom is -0.496 e. The quantitative estimate of drug-likeness (QED) is 0.673. The summed E-state index contributed by atoms with van der Waals surface area (Å²) >= 11 is 3.43. The molecule has 128 valence electrons. The van der Waals surface area contributed by atoms with Crippen LogP contribution < -0.4 is 20.7 Å². The molecule has 0 unspecified atom stereocenters. The molecule has 3 N–H and O–H groups in total. The minimum atomic E-state index is -0.467. The summed E-state index contributed by atoms with van der Waals surface area (Å²) in [4.78, 5) is 23.3. The van der Waals surface area contributed by atoms with Crippen molar-refractivity contribution in [2.75, 3.05) is 13.7 Å². The number of benzene rings is 1. The Morgan fingerprint density at radius 3 is 2.57 bits per heavy atom. The fourth-order valence-corrected chi connectivity index (χ4v) is 2.41. The standard InChI is InChI=1S/C16H24BrN3O3/c1-5-10(2)19-16(22)20-15(21)9-18-11(3)12-6-7-14(23-4)13(17)8-12/h6-8,10-11,18H,5,9H2,1-4H3,(H2,19,20,21,22)/t10-,11+/m1/s1. The molecule has 0 saturated carbocycles. The second-order valence-electron chi connectivity index (χ2n) is 5.33. The third-order valence-corrected chi connectivity index (χ3v) is 4.11. The van der Waals surface area contributed by atoms with Crippen LogP contribution in [0.3, 0.4) is 0 Å². The van der Waals surface area contributed by atoms with Crippen molar-refractivity contribution in [2.45, 2.75) is 39.3 Å². The van der Waals surface area contributed by atoms with E-state index in [1.54, 1.807) is 7.11 Å². The molecule has 0 aliphatic rings. The Balaban J connectivity index is 2.46. The van der Waals surface area contributed by atoms with Gasteiger partial charge in [0.2, 0.25) is 5.91 Å². The van der Waals surface area contributed by atoms with Gasteiger partial charge in [0.05, 0.1) is 18.1 Å². The molecule has 6 nitrogen and oxygen atoms in total. The van der Waals surface area contributed by atoms with Crippen LogP contribution in [0.1, 0.15) is 38.8 Å². The normalized spacial score (nSPS) is 13.1. The van der Waals surface area contributed by atoms with Gasteiger partial charge in [0.1, 0.15) is 5.75 Å². The van der Waals surface area contributed by atoms with Gasteiger partial charge >= 0.3 is 6.03 Å². The van der Waals surface area contributed by atoms with Crippen molar-refractivity contribution in [2.24, 2.45) is 0 Å². The van der Waals surface area contributed by atoms with Crippen molar-refractivity contribution >= 4 is 27.9 Å². The maximum Gasteiger partial charge on any atom is 0.321 e. The number of imide groups is 1. The third kappa shape index (κ3) is 6.58. The van der Waals surface area contributed by atoms with Crippen molar-refractivity contribution in [3.8, 4) is 5.75 Å². The molecule has 0 saturated heterocycles. The molecule has 1 rings (SSSR count). The SMILES string of the molecule is CC[C@@H](C)NC(=O)NC(=O)CN[C@@H](C)c1ccc(OC)c(Br)c1. The van der Waals surface area contributed by atoms with Crippen molar-refractivity contribution in [1.29, 1.82) is 0 Å². The first-order valence-corrected chi connectivity index (χ1v) is 8.33. The lowest BCUT2D eigenvalue weighted by Gasteiger charge is -2.16. The first kappa shape index (κ1) is 19.4. The van der Waals surface area contributed by atoms with E-state index in [1.807, 2.05) is 39.0 Å². The first-order valence-electron chi connectivity index (χ1n) is 7.54. The predicted molar refractivity (Wildman–Crippen MR) is 93.5 cm³/mol. The molecule has 23 heavy (non-hydrogen) atoms. The van der Waals surface area contributed by atoms with Crippen molar-refractivity contribution in [1.82, 2.24) is 16.0 Å². The molecule has 3 amide bonds. The van der Waals surface area contributed by atoms with Gasteiger partial charge in [-0.2, -0.15) is 0 Å². The monoisotopic (exact) mass is 385 g/mol. The second-order valence-corrected chi connectivity index (χ2v) is 6.18. The summed E-state index contributed by atoms with van der Waals surface area (Å²) in [6.07, 6.45) is 0.809. The molecule has 2 atom stereocenters. The van der Waals surface area contributed by atoms with Crippen LogP contribution in [-0.4, -0.2) is 31.6 Å². The fourth-order valence-electron chi connectivity index (χ4n) is 1.85. The lowest BCUT2D eigenvalue weighted by Crippen LogP contribution is -2.46. The summed E-state index contributed by atoms with van der Waals surface area (Å²) in [5.74, 6) is 0.380. The largest absolute Gasteiger partial charge is 0.496 e. The number of carbonyl (C=O) groups excluding carboxylic acids is 2. The number of hydrogen-bond donors (Lipinski definition) is 3. The number of rotatable bonds is 7. The van der Waals surface area contributed by atoms with Crippen LogP contribution in [0, 0.1) is 0 Å². The molecule has 0 aliphatic carbocycles. The molecule has 0 heterocycles. The van der Waals surface area contributed by atoms with Gasteiger partial charge < -0.3 is 15.4 Å². The Morgan fingerprint density at radius 2 is 2.00 bits per heavy atom. The maximum atomic E-state index is 11.8. The number of nitrogens with one attached hydrogen (secondary N) is 3. The van der Waals surface area contributed by atoms with Crippen LogP contribution in [0.15, 0.2) is 22.7 Å². The number of methoxy groups -OCH3 is 1. The molecule has 7 heteroatoms. The zero-order valence-corrected chi connectivity index (χ0v) is 15.5. The lowest BCUT2D eigenvalue weighted by molar-refractivity contribution is -0.119. The molecule has 1 aromatic rings. The molecule has 0 aliphatic heterocycles. The van der Waals surface area contributed by atoms with E-state index in [2.05, 4.69) is 31.9 Å². The van der Waals surface area contributed by atoms with Gasteiger partial charge in [-0.05, 0) is 53.9 Å². The summed E-state index contributed by atoms with van der Waals surface area (Å²) in [5, 5.41) is 8.06. The summed E-state index contributed by atoms with van der Waals surface area (Å²) in [7, 11) is 1.61. The lowest BCUT2D eigenvalue weighted by atomic mass is 10.1. The molecular weight excluding hydrogens is 362 g/mol. The highest BCUT2D eigenvalue weighted by atomic mass is 79.9. The predicted octanol–water partition coefficient (Wildman–Crippen LogP) is 2.73.